The van der Waals surface area contributed by atoms with Crippen LogP contribution in [0.25, 0.3) is 0 Å². The van der Waals surface area contributed by atoms with Crippen molar-refractivity contribution < 1.29 is 35.8 Å². The highest BCUT2D eigenvalue weighted by Crippen LogP contribution is 2.37. The van der Waals surface area contributed by atoms with Gasteiger partial charge in [-0.1, -0.05) is 76.2 Å². The van der Waals surface area contributed by atoms with Gasteiger partial charge in [-0.2, -0.15) is 0 Å². The lowest BCUT2D eigenvalue weighted by molar-refractivity contribution is 0.479. The van der Waals surface area contributed by atoms with Gasteiger partial charge in [0.1, 0.15) is 51.7 Å². The van der Waals surface area contributed by atoms with Crippen LogP contribution in [0.1, 0.15) is 49.9 Å². The highest BCUT2D eigenvalue weighted by molar-refractivity contribution is 7.91. The Morgan fingerprint density at radius 1 is 0.328 bits per heavy atom. The molecule has 13 aliphatic heterocycles. The lowest BCUT2D eigenvalue weighted by Gasteiger charge is -2.26. The monoisotopic (exact) mass is 884 g/mol. The van der Waals surface area contributed by atoms with E-state index in [4.69, 9.17) is 23.1 Å². The van der Waals surface area contributed by atoms with Crippen molar-refractivity contribution in [1.29, 1.82) is 0 Å². The van der Waals surface area contributed by atoms with Gasteiger partial charge in [-0.05, 0) is 168 Å². The second-order valence-corrected chi connectivity index (χ2v) is 19.5. The average molecular weight is 885 g/mol. The van der Waals surface area contributed by atoms with Crippen molar-refractivity contribution in [2.45, 2.75) is 53.2 Å². The predicted molar refractivity (Wildman–Crippen MR) is 249 cm³/mol. The van der Waals surface area contributed by atoms with Gasteiger partial charge in [0.15, 0.2) is 0 Å². The number of sulfone groups is 1. The molecule has 0 N–H and O–H groups in total. The van der Waals surface area contributed by atoms with Crippen LogP contribution in [0.15, 0.2) is 209 Å². The summed E-state index contributed by atoms with van der Waals surface area (Å²) in [6, 6.07) is 58.4. The van der Waals surface area contributed by atoms with E-state index in [1.54, 1.807) is 97.1 Å². The first-order valence-corrected chi connectivity index (χ1v) is 23.2. The SMILES string of the molecule is CC1(C)c2ccc(cc2)Oc2ccc(cc2)OS(=O)c2ccc(cc2)Oc2ccc(cc2)C(C)(C)c2ccc(cc2)Oc2ccc(cc2)S(=O)(=O)c2ccc(cc2)Oc2ccc1cc2. The molecular weight excluding hydrogens is 841 g/mol. The summed E-state index contributed by atoms with van der Waals surface area (Å²) in [5.41, 5.74) is 3.68. The second-order valence-electron chi connectivity index (χ2n) is 16.5. The fourth-order valence-corrected chi connectivity index (χ4v) is 9.46. The van der Waals surface area contributed by atoms with Crippen LogP contribution in [0.2, 0.25) is 0 Å². The molecular formula is C54H44O8S2. The molecule has 64 heavy (non-hydrogen) atoms. The lowest BCUT2D eigenvalue weighted by Crippen LogP contribution is -2.18. The lowest BCUT2D eigenvalue weighted by atomic mass is 9.78. The Labute approximate surface area is 376 Å². The summed E-state index contributed by atoms with van der Waals surface area (Å²) >= 11 is -1.75. The van der Waals surface area contributed by atoms with Crippen molar-refractivity contribution in [3.8, 4) is 51.7 Å². The maximum Gasteiger partial charge on any atom is 0.240 e. The minimum absolute atomic E-state index is 0.155. The highest BCUT2D eigenvalue weighted by atomic mass is 32.2. The molecule has 1 unspecified atom stereocenters. The molecule has 16 bridgehead atoms. The number of hydrogen-bond donors (Lipinski definition) is 0. The van der Waals surface area contributed by atoms with E-state index in [0.29, 0.717) is 56.6 Å². The zero-order valence-electron chi connectivity index (χ0n) is 35.6. The summed E-state index contributed by atoms with van der Waals surface area (Å²) in [5.74, 6) is 5.26. The molecule has 8 aromatic rings. The minimum Gasteiger partial charge on any atom is -0.457 e. The standard InChI is InChI=1S/C54H44O8S2/c1-53(2)37-5-13-41(14-6-37)58-45-21-23-49(24-22-45)62-63(55)50-31-25-46(26-32-50)59-42-15-7-38(8-16-42)54(3,4)40-11-19-44(20-12-40)61-48-29-35-52(36-30-48)64(56,57)51-33-27-47(28-34-51)60-43-17-9-39(53)10-18-43/h5-36H,1-4H3. The smallest absolute Gasteiger partial charge is 0.240 e. The average Bonchev–Trinajstić information content (AvgIpc) is 3.31. The van der Waals surface area contributed by atoms with Gasteiger partial charge in [-0.25, -0.2) is 12.6 Å². The Balaban J connectivity index is 0.967. The summed E-state index contributed by atoms with van der Waals surface area (Å²) < 4.78 is 70.6. The summed E-state index contributed by atoms with van der Waals surface area (Å²) in [6.45, 7) is 8.61. The summed E-state index contributed by atoms with van der Waals surface area (Å²) in [6.07, 6.45) is 0. The Hall–Kier alpha value is -7.14. The van der Waals surface area contributed by atoms with Crippen molar-refractivity contribution in [2.75, 3.05) is 0 Å². The molecule has 8 nitrogen and oxygen atoms in total. The molecule has 320 valence electrons. The molecule has 13 aliphatic rings. The Morgan fingerprint density at radius 2 is 0.547 bits per heavy atom. The van der Waals surface area contributed by atoms with E-state index in [9.17, 15) is 12.6 Å². The van der Waals surface area contributed by atoms with Crippen LogP contribution in [-0.4, -0.2) is 12.6 Å². The molecule has 0 spiro atoms. The van der Waals surface area contributed by atoms with Crippen LogP contribution in [0.5, 0.6) is 51.7 Å². The van der Waals surface area contributed by atoms with Crippen LogP contribution >= 0.6 is 0 Å². The van der Waals surface area contributed by atoms with Crippen molar-refractivity contribution in [3.63, 3.8) is 0 Å². The fraction of sp³-hybridized carbons (Fsp3) is 0.111. The van der Waals surface area contributed by atoms with E-state index in [2.05, 4.69) is 27.7 Å². The van der Waals surface area contributed by atoms with Gasteiger partial charge in [0.25, 0.3) is 0 Å². The third kappa shape index (κ3) is 9.02. The Morgan fingerprint density at radius 3 is 0.828 bits per heavy atom. The molecule has 0 saturated heterocycles. The van der Waals surface area contributed by atoms with E-state index in [1.165, 1.54) is 0 Å². The second kappa shape index (κ2) is 17.2. The van der Waals surface area contributed by atoms with Gasteiger partial charge in [0, 0.05) is 10.8 Å². The Kier molecular flexibility index (Phi) is 11.3. The molecule has 8 aromatic carbocycles. The molecule has 0 saturated carbocycles. The zero-order chi connectivity index (χ0) is 44.5. The Bertz CT molecular complexity index is 3020. The number of benzene rings is 8. The molecule has 0 aliphatic carbocycles. The molecule has 1 atom stereocenters. The summed E-state index contributed by atoms with van der Waals surface area (Å²) in [4.78, 5) is 0.809. The molecule has 0 amide bonds. The highest BCUT2D eigenvalue weighted by Gasteiger charge is 2.25. The third-order valence-corrected chi connectivity index (χ3v) is 14.3. The van der Waals surface area contributed by atoms with Crippen LogP contribution in [0.3, 0.4) is 0 Å². The van der Waals surface area contributed by atoms with Crippen molar-refractivity contribution in [2.24, 2.45) is 0 Å². The van der Waals surface area contributed by atoms with Gasteiger partial charge in [0.2, 0.25) is 20.9 Å². The van der Waals surface area contributed by atoms with E-state index in [1.807, 2.05) is 97.1 Å². The van der Waals surface area contributed by atoms with Gasteiger partial charge in [0.05, 0.1) is 14.7 Å². The van der Waals surface area contributed by atoms with E-state index in [0.717, 1.165) is 22.3 Å². The molecule has 13 heterocycles. The van der Waals surface area contributed by atoms with E-state index >= 15 is 0 Å². The molecule has 21 rings (SSSR count). The van der Waals surface area contributed by atoms with E-state index in [-0.39, 0.29) is 20.6 Å². The topological polar surface area (TPSA) is 97.4 Å². The van der Waals surface area contributed by atoms with E-state index < -0.39 is 20.9 Å². The van der Waals surface area contributed by atoms with Crippen LogP contribution in [0, 0.1) is 0 Å². The third-order valence-electron chi connectivity index (χ3n) is 11.5. The quantitative estimate of drug-likeness (QED) is 0.149. The van der Waals surface area contributed by atoms with Crippen LogP contribution in [-0.2, 0) is 31.7 Å². The van der Waals surface area contributed by atoms with Gasteiger partial charge < -0.3 is 23.1 Å². The van der Waals surface area contributed by atoms with Gasteiger partial charge >= 0.3 is 0 Å². The van der Waals surface area contributed by atoms with Crippen molar-refractivity contribution in [1.82, 2.24) is 0 Å². The zero-order valence-corrected chi connectivity index (χ0v) is 37.2. The predicted octanol–water partition coefficient (Wildman–Crippen LogP) is 13.8. The summed E-state index contributed by atoms with van der Waals surface area (Å²) in [7, 11) is -3.80. The molecule has 0 aromatic heterocycles. The fourth-order valence-electron chi connectivity index (χ4n) is 7.46. The number of hydrogen-bond acceptors (Lipinski definition) is 8. The van der Waals surface area contributed by atoms with Gasteiger partial charge in [-0.15, -0.1) is 0 Å². The van der Waals surface area contributed by atoms with Crippen molar-refractivity contribution in [3.05, 3.63) is 216 Å². The molecule has 0 radical (unpaired) electrons. The van der Waals surface area contributed by atoms with Crippen molar-refractivity contribution >= 4 is 20.9 Å². The number of rotatable bonds is 0. The molecule has 0 fully saturated rings. The van der Waals surface area contributed by atoms with Crippen LogP contribution in [0.4, 0.5) is 0 Å². The number of ether oxygens (including phenoxy) is 4. The molecule has 10 heteroatoms. The van der Waals surface area contributed by atoms with Gasteiger partial charge in [-0.3, -0.25) is 0 Å². The first-order valence-electron chi connectivity index (χ1n) is 20.7. The minimum atomic E-state index is -3.80. The maximum atomic E-state index is 13.6. The first kappa shape index (κ1) is 42.2. The summed E-state index contributed by atoms with van der Waals surface area (Å²) in [5, 5.41) is 0. The normalized spacial score (nSPS) is 16.2. The largest absolute Gasteiger partial charge is 0.457 e. The van der Waals surface area contributed by atoms with Crippen LogP contribution < -0.4 is 23.1 Å². The first-order chi connectivity index (χ1) is 30.8. The maximum absolute atomic E-state index is 13.6.